The summed E-state index contributed by atoms with van der Waals surface area (Å²) < 4.78 is 12.4. The van der Waals surface area contributed by atoms with Crippen LogP contribution in [-0.2, 0) is 27.7 Å². The van der Waals surface area contributed by atoms with Crippen molar-refractivity contribution in [2.24, 2.45) is 7.05 Å². The van der Waals surface area contributed by atoms with Gasteiger partial charge in [0.2, 0.25) is 5.78 Å². The van der Waals surface area contributed by atoms with Gasteiger partial charge in [-0.2, -0.15) is 0 Å². The summed E-state index contributed by atoms with van der Waals surface area (Å²) in [6, 6.07) is 7.96. The van der Waals surface area contributed by atoms with E-state index in [4.69, 9.17) is 9.47 Å². The summed E-state index contributed by atoms with van der Waals surface area (Å²) in [6.45, 7) is 1.67. The van der Waals surface area contributed by atoms with Crippen LogP contribution >= 0.6 is 0 Å². The van der Waals surface area contributed by atoms with Crippen molar-refractivity contribution in [3.63, 3.8) is 0 Å². The highest BCUT2D eigenvalue weighted by molar-refractivity contribution is 6.16. The maximum absolute atomic E-state index is 12.6. The van der Waals surface area contributed by atoms with E-state index in [1.165, 1.54) is 6.26 Å². The highest BCUT2D eigenvalue weighted by Gasteiger charge is 2.32. The predicted molar refractivity (Wildman–Crippen MR) is 83.8 cm³/mol. The van der Waals surface area contributed by atoms with E-state index in [-0.39, 0.29) is 11.8 Å². The molecule has 23 heavy (non-hydrogen) atoms. The lowest BCUT2D eigenvalue weighted by atomic mass is 10.1. The smallest absolute Gasteiger partial charge is 0.336 e. The molecule has 2 aliphatic rings. The van der Waals surface area contributed by atoms with Gasteiger partial charge < -0.3 is 14.0 Å². The molecular formula is C18H15NO4. The molecule has 0 amide bonds. The monoisotopic (exact) mass is 309 g/mol. The maximum Gasteiger partial charge on any atom is 0.336 e. The Hall–Kier alpha value is -2.82. The number of hydrogen-bond donors (Lipinski definition) is 0. The topological polar surface area (TPSA) is 57.5 Å². The Labute approximate surface area is 132 Å². The van der Waals surface area contributed by atoms with Crippen LogP contribution in [0.1, 0.15) is 23.0 Å². The minimum absolute atomic E-state index is 0.0382. The van der Waals surface area contributed by atoms with Crippen molar-refractivity contribution < 1.29 is 19.1 Å². The zero-order valence-electron chi connectivity index (χ0n) is 12.8. The number of Topliss-reactive ketones (excluding diaryl/α,β-unsaturated/α-hetero) is 1. The third-order valence-corrected chi connectivity index (χ3v) is 4.36. The van der Waals surface area contributed by atoms with E-state index < -0.39 is 6.29 Å². The van der Waals surface area contributed by atoms with Gasteiger partial charge in [0, 0.05) is 41.6 Å². The van der Waals surface area contributed by atoms with Gasteiger partial charge in [0.15, 0.2) is 0 Å². The van der Waals surface area contributed by atoms with Gasteiger partial charge >= 0.3 is 5.97 Å². The summed E-state index contributed by atoms with van der Waals surface area (Å²) in [6.07, 6.45) is 2.80. The lowest BCUT2D eigenvalue weighted by Crippen LogP contribution is -2.11. The zero-order chi connectivity index (χ0) is 16.1. The number of allylic oxidation sites excluding steroid dienone is 1. The average Bonchev–Trinajstić information content (AvgIpc) is 3.13. The van der Waals surface area contributed by atoms with Crippen LogP contribution in [0.3, 0.4) is 0 Å². The largest absolute Gasteiger partial charge is 0.458 e. The second-order valence-electron chi connectivity index (χ2n) is 5.81. The lowest BCUT2D eigenvalue weighted by molar-refractivity contribution is -0.152. The first-order chi connectivity index (χ1) is 11.1. The van der Waals surface area contributed by atoms with E-state index >= 15 is 0 Å². The number of carbonyl (C=O) groups is 2. The van der Waals surface area contributed by atoms with Crippen molar-refractivity contribution in [3.8, 4) is 0 Å². The summed E-state index contributed by atoms with van der Waals surface area (Å²) in [5.41, 5.74) is 3.87. The van der Waals surface area contributed by atoms with Gasteiger partial charge in [-0.15, -0.1) is 0 Å². The molecule has 2 heterocycles. The van der Waals surface area contributed by atoms with Crippen LogP contribution in [0, 0.1) is 0 Å². The number of ketones is 1. The Kier molecular flexibility index (Phi) is 2.91. The second kappa shape index (κ2) is 4.84. The van der Waals surface area contributed by atoms with E-state index in [0.717, 1.165) is 16.5 Å². The molecule has 1 aliphatic heterocycles. The first kappa shape index (κ1) is 13.8. The first-order valence-corrected chi connectivity index (χ1v) is 7.41. The fourth-order valence-electron chi connectivity index (χ4n) is 3.18. The van der Waals surface area contributed by atoms with E-state index in [1.54, 1.807) is 13.0 Å². The van der Waals surface area contributed by atoms with Crippen molar-refractivity contribution in [1.82, 2.24) is 4.57 Å². The predicted octanol–water partition coefficient (Wildman–Crippen LogP) is 2.65. The molecule has 0 bridgehead atoms. The van der Waals surface area contributed by atoms with Crippen LogP contribution in [0.25, 0.3) is 10.9 Å². The number of hydrogen-bond acceptors (Lipinski definition) is 4. The molecule has 1 aromatic carbocycles. The third kappa shape index (κ3) is 2.00. The standard InChI is InChI=1S/C18H15NO4/c1-10-7-15(23-18(10)21)22-9-11-8-13-12-5-3-4-6-14(12)19(2)16(13)17(11)20/h3-7,9,15H,8H2,1-2H3/b11-9+. The highest BCUT2D eigenvalue weighted by Crippen LogP contribution is 2.34. The van der Waals surface area contributed by atoms with Gasteiger partial charge in [0.25, 0.3) is 6.29 Å². The normalized spacial score (nSPS) is 21.7. The Morgan fingerprint density at radius 2 is 2.09 bits per heavy atom. The van der Waals surface area contributed by atoms with Crippen LogP contribution < -0.4 is 0 Å². The van der Waals surface area contributed by atoms with E-state index in [0.29, 0.717) is 23.3 Å². The molecule has 1 atom stereocenters. The quantitative estimate of drug-likeness (QED) is 0.486. The molecule has 2 aromatic rings. The zero-order valence-corrected chi connectivity index (χ0v) is 12.8. The van der Waals surface area contributed by atoms with E-state index in [2.05, 4.69) is 0 Å². The number of aryl methyl sites for hydroxylation is 1. The number of ether oxygens (including phenoxy) is 2. The molecule has 0 saturated carbocycles. The molecule has 1 unspecified atom stereocenters. The molecule has 4 rings (SSSR count). The van der Waals surface area contributed by atoms with Gasteiger partial charge in [-0.25, -0.2) is 4.79 Å². The summed E-state index contributed by atoms with van der Waals surface area (Å²) in [7, 11) is 1.90. The SMILES string of the molecule is CC1=CC(O/C=C2\Cc3c(n(C)c4ccccc34)C2=O)OC1=O. The summed E-state index contributed by atoms with van der Waals surface area (Å²) in [5.74, 6) is -0.427. The molecule has 5 heteroatoms. The van der Waals surface area contributed by atoms with Crippen molar-refractivity contribution in [1.29, 1.82) is 0 Å². The van der Waals surface area contributed by atoms with E-state index in [9.17, 15) is 9.59 Å². The molecule has 0 fully saturated rings. The van der Waals surface area contributed by atoms with E-state index in [1.807, 2.05) is 35.9 Å². The van der Waals surface area contributed by atoms with Crippen LogP contribution in [-0.4, -0.2) is 22.6 Å². The van der Waals surface area contributed by atoms with Crippen LogP contribution in [0.4, 0.5) is 0 Å². The van der Waals surface area contributed by atoms with Crippen molar-refractivity contribution in [2.75, 3.05) is 0 Å². The Morgan fingerprint density at radius 3 is 2.83 bits per heavy atom. The van der Waals surface area contributed by atoms with Gasteiger partial charge in [-0.05, 0) is 18.6 Å². The van der Waals surface area contributed by atoms with Crippen molar-refractivity contribution in [3.05, 3.63) is 59.0 Å². The molecule has 0 N–H and O–H groups in total. The molecule has 1 aromatic heterocycles. The third-order valence-electron chi connectivity index (χ3n) is 4.36. The number of aromatic nitrogens is 1. The summed E-state index contributed by atoms with van der Waals surface area (Å²) in [4.78, 5) is 23.9. The first-order valence-electron chi connectivity index (χ1n) is 7.41. The van der Waals surface area contributed by atoms with Crippen molar-refractivity contribution >= 4 is 22.7 Å². The minimum atomic E-state index is -0.747. The second-order valence-corrected chi connectivity index (χ2v) is 5.81. The molecule has 0 saturated heterocycles. The molecule has 116 valence electrons. The number of esters is 1. The Balaban J connectivity index is 1.64. The number of para-hydroxylation sites is 1. The number of carbonyl (C=O) groups excluding carboxylic acids is 2. The number of rotatable bonds is 2. The molecule has 1 aliphatic carbocycles. The Morgan fingerprint density at radius 1 is 1.30 bits per heavy atom. The number of fused-ring (bicyclic) bond motifs is 3. The highest BCUT2D eigenvalue weighted by atomic mass is 16.7. The fraction of sp³-hybridized carbons (Fsp3) is 0.222. The summed E-state index contributed by atoms with van der Waals surface area (Å²) >= 11 is 0. The van der Waals surface area contributed by atoms with Gasteiger partial charge in [0.05, 0.1) is 12.0 Å². The molecule has 0 spiro atoms. The van der Waals surface area contributed by atoms with Crippen molar-refractivity contribution in [2.45, 2.75) is 19.6 Å². The molecule has 5 nitrogen and oxygen atoms in total. The summed E-state index contributed by atoms with van der Waals surface area (Å²) in [5, 5.41) is 1.09. The lowest BCUT2D eigenvalue weighted by Gasteiger charge is -2.08. The molecular weight excluding hydrogens is 294 g/mol. The van der Waals surface area contributed by atoms with Gasteiger partial charge in [-0.1, -0.05) is 18.2 Å². The van der Waals surface area contributed by atoms with Crippen LogP contribution in [0.2, 0.25) is 0 Å². The maximum atomic E-state index is 12.6. The number of nitrogens with zero attached hydrogens (tertiary/aromatic N) is 1. The average molecular weight is 309 g/mol. The van der Waals surface area contributed by atoms with Crippen LogP contribution in [0.15, 0.2) is 47.7 Å². The van der Waals surface area contributed by atoms with Crippen LogP contribution in [0.5, 0.6) is 0 Å². The fourth-order valence-corrected chi connectivity index (χ4v) is 3.18. The number of cyclic esters (lactones) is 1. The van der Waals surface area contributed by atoms with Gasteiger partial charge in [0.1, 0.15) is 0 Å². The Bertz CT molecular complexity index is 916. The minimum Gasteiger partial charge on any atom is -0.458 e. The number of benzene rings is 1. The van der Waals surface area contributed by atoms with Gasteiger partial charge in [-0.3, -0.25) is 4.79 Å². The molecule has 0 radical (unpaired) electrons.